The Labute approximate surface area is 59.5 Å². The van der Waals surface area contributed by atoms with Gasteiger partial charge in [-0.15, -0.1) is 0 Å². The van der Waals surface area contributed by atoms with Gasteiger partial charge in [0.25, 0.3) is 0 Å². The summed E-state index contributed by atoms with van der Waals surface area (Å²) in [4.78, 5) is 16.5. The number of aliphatic hydroxyl groups excluding tert-OH is 1. The molecular weight excluding hydrogens is 136 g/mol. The Balaban J connectivity index is 3.22. The molecule has 0 fully saturated rings. The van der Waals surface area contributed by atoms with Crippen molar-refractivity contribution in [3.8, 4) is 0 Å². The molecular formula is C5H12N2O3. The second kappa shape index (κ2) is 5.01. The summed E-state index contributed by atoms with van der Waals surface area (Å²) in [6.45, 7) is 0.00723. The fourth-order valence-electron chi connectivity index (χ4n) is 0.250. The predicted octanol–water partition coefficient (Wildman–Crippen LogP) is -0.819. The molecule has 0 aromatic rings. The maximum absolute atomic E-state index is 10.6. The van der Waals surface area contributed by atoms with E-state index < -0.39 is 0 Å². The number of nitrogens with zero attached hydrogens (tertiary/aromatic N) is 1. The van der Waals surface area contributed by atoms with Crippen molar-refractivity contribution in [3.05, 3.63) is 0 Å². The molecule has 0 radical (unpaired) electrons. The van der Waals surface area contributed by atoms with Crippen molar-refractivity contribution in [1.82, 2.24) is 10.4 Å². The average Bonchev–Trinajstić information content (AvgIpc) is 1.88. The van der Waals surface area contributed by atoms with Gasteiger partial charge in [0.2, 0.25) is 0 Å². The van der Waals surface area contributed by atoms with E-state index in [0.717, 1.165) is 0 Å². The van der Waals surface area contributed by atoms with Crippen LogP contribution in [0.25, 0.3) is 0 Å². The summed E-state index contributed by atoms with van der Waals surface area (Å²) in [6, 6.07) is -0.339. The maximum Gasteiger partial charge on any atom is 0.340 e. The van der Waals surface area contributed by atoms with Crippen LogP contribution < -0.4 is 5.48 Å². The minimum Gasteiger partial charge on any atom is -0.394 e. The van der Waals surface area contributed by atoms with Gasteiger partial charge in [0.1, 0.15) is 0 Å². The summed E-state index contributed by atoms with van der Waals surface area (Å²) in [5.41, 5.74) is 2.11. The lowest BCUT2D eigenvalue weighted by Crippen LogP contribution is -2.35. The van der Waals surface area contributed by atoms with E-state index in [4.69, 9.17) is 5.11 Å². The molecule has 10 heavy (non-hydrogen) atoms. The Morgan fingerprint density at radius 1 is 1.70 bits per heavy atom. The molecule has 0 saturated heterocycles. The number of hydroxylamine groups is 1. The van der Waals surface area contributed by atoms with E-state index in [9.17, 15) is 4.79 Å². The average molecular weight is 148 g/mol. The van der Waals surface area contributed by atoms with E-state index in [-0.39, 0.29) is 19.2 Å². The van der Waals surface area contributed by atoms with Crippen LogP contribution >= 0.6 is 0 Å². The fraction of sp³-hybridized carbons (Fsp3) is 0.800. The van der Waals surface area contributed by atoms with Crippen LogP contribution in [0, 0.1) is 0 Å². The van der Waals surface area contributed by atoms with Crippen LogP contribution in [-0.4, -0.2) is 43.3 Å². The standard InChI is InChI=1S/C5H12N2O3/c1-7(2)5(9)6-10-4-3-8/h8H,3-4H2,1-2H3,(H,6,9). The Morgan fingerprint density at radius 2 is 2.30 bits per heavy atom. The molecule has 0 saturated carbocycles. The smallest absolute Gasteiger partial charge is 0.340 e. The molecule has 0 aromatic heterocycles. The molecule has 5 heteroatoms. The first-order chi connectivity index (χ1) is 4.68. The highest BCUT2D eigenvalue weighted by molar-refractivity contribution is 5.72. The van der Waals surface area contributed by atoms with Crippen molar-refractivity contribution < 1.29 is 14.7 Å². The third-order valence-electron chi connectivity index (χ3n) is 0.759. The molecule has 0 rings (SSSR count). The highest BCUT2D eigenvalue weighted by Crippen LogP contribution is 1.75. The summed E-state index contributed by atoms with van der Waals surface area (Å²) in [7, 11) is 3.19. The number of urea groups is 1. The highest BCUT2D eigenvalue weighted by Gasteiger charge is 1.99. The number of amides is 2. The topological polar surface area (TPSA) is 61.8 Å². The highest BCUT2D eigenvalue weighted by atomic mass is 16.7. The Kier molecular flexibility index (Phi) is 4.61. The van der Waals surface area contributed by atoms with E-state index in [1.54, 1.807) is 14.1 Å². The summed E-state index contributed by atoms with van der Waals surface area (Å²) in [5, 5.41) is 8.23. The van der Waals surface area contributed by atoms with Crippen molar-refractivity contribution in [2.24, 2.45) is 0 Å². The normalized spacial score (nSPS) is 9.10. The summed E-state index contributed by atoms with van der Waals surface area (Å²) >= 11 is 0. The van der Waals surface area contributed by atoms with E-state index >= 15 is 0 Å². The maximum atomic E-state index is 10.6. The number of hydrogen-bond acceptors (Lipinski definition) is 3. The summed E-state index contributed by atoms with van der Waals surface area (Å²) < 4.78 is 0. The van der Waals surface area contributed by atoms with E-state index in [1.807, 2.05) is 0 Å². The van der Waals surface area contributed by atoms with Gasteiger partial charge in [0, 0.05) is 14.1 Å². The molecule has 0 aromatic carbocycles. The van der Waals surface area contributed by atoms with Crippen LogP contribution in [0.2, 0.25) is 0 Å². The summed E-state index contributed by atoms with van der Waals surface area (Å²) in [6.07, 6.45) is 0. The fourth-order valence-corrected chi connectivity index (χ4v) is 0.250. The van der Waals surface area contributed by atoms with Crippen molar-refractivity contribution in [1.29, 1.82) is 0 Å². The van der Waals surface area contributed by atoms with Gasteiger partial charge in [0.05, 0.1) is 13.2 Å². The third-order valence-corrected chi connectivity index (χ3v) is 0.759. The molecule has 2 amide bonds. The molecule has 0 heterocycles. The van der Waals surface area contributed by atoms with Crippen molar-refractivity contribution in [2.75, 3.05) is 27.3 Å². The molecule has 0 spiro atoms. The minimum atomic E-state index is -0.339. The van der Waals surface area contributed by atoms with Gasteiger partial charge < -0.3 is 10.0 Å². The largest absolute Gasteiger partial charge is 0.394 e. The van der Waals surface area contributed by atoms with Crippen LogP contribution in [0.5, 0.6) is 0 Å². The molecule has 0 aliphatic carbocycles. The summed E-state index contributed by atoms with van der Waals surface area (Å²) in [5.74, 6) is 0. The van der Waals surface area contributed by atoms with Gasteiger partial charge in [-0.25, -0.2) is 10.3 Å². The van der Waals surface area contributed by atoms with Gasteiger partial charge in [-0.3, -0.25) is 4.84 Å². The number of nitrogens with one attached hydrogen (secondary N) is 1. The minimum absolute atomic E-state index is 0.103. The lowest BCUT2D eigenvalue weighted by atomic mass is 10.8. The van der Waals surface area contributed by atoms with Crippen molar-refractivity contribution in [2.45, 2.75) is 0 Å². The Bertz CT molecular complexity index is 105. The quantitative estimate of drug-likeness (QED) is 0.406. The molecule has 5 nitrogen and oxygen atoms in total. The molecule has 0 atom stereocenters. The third kappa shape index (κ3) is 4.11. The molecule has 60 valence electrons. The first kappa shape index (κ1) is 9.19. The number of rotatable bonds is 3. The first-order valence-electron chi connectivity index (χ1n) is 2.88. The predicted molar refractivity (Wildman–Crippen MR) is 35.3 cm³/mol. The van der Waals surface area contributed by atoms with E-state index in [2.05, 4.69) is 10.3 Å². The number of hydrogen-bond donors (Lipinski definition) is 2. The van der Waals surface area contributed by atoms with Crippen LogP contribution in [0.15, 0.2) is 0 Å². The van der Waals surface area contributed by atoms with Crippen molar-refractivity contribution in [3.63, 3.8) is 0 Å². The second-order valence-electron chi connectivity index (χ2n) is 1.87. The van der Waals surface area contributed by atoms with Crippen LogP contribution in [0.4, 0.5) is 4.79 Å². The zero-order chi connectivity index (χ0) is 7.98. The number of carbonyl (C=O) groups is 1. The Hall–Kier alpha value is -0.810. The molecule has 0 aliphatic heterocycles. The van der Waals surface area contributed by atoms with Gasteiger partial charge in [-0.05, 0) is 0 Å². The Morgan fingerprint density at radius 3 is 2.70 bits per heavy atom. The van der Waals surface area contributed by atoms with Crippen molar-refractivity contribution >= 4 is 6.03 Å². The number of aliphatic hydroxyl groups is 1. The van der Waals surface area contributed by atoms with Gasteiger partial charge in [-0.1, -0.05) is 0 Å². The van der Waals surface area contributed by atoms with Crippen LogP contribution in [0.3, 0.4) is 0 Å². The van der Waals surface area contributed by atoms with E-state index in [0.29, 0.717) is 0 Å². The zero-order valence-corrected chi connectivity index (χ0v) is 6.13. The van der Waals surface area contributed by atoms with Crippen LogP contribution in [-0.2, 0) is 4.84 Å². The lowest BCUT2D eigenvalue weighted by Gasteiger charge is -2.10. The first-order valence-corrected chi connectivity index (χ1v) is 2.88. The molecule has 0 unspecified atom stereocenters. The molecule has 0 aliphatic rings. The van der Waals surface area contributed by atoms with Gasteiger partial charge in [0.15, 0.2) is 0 Å². The number of carbonyl (C=O) groups excluding carboxylic acids is 1. The zero-order valence-electron chi connectivity index (χ0n) is 6.13. The van der Waals surface area contributed by atoms with Gasteiger partial charge in [-0.2, -0.15) is 0 Å². The van der Waals surface area contributed by atoms with Crippen LogP contribution in [0.1, 0.15) is 0 Å². The SMILES string of the molecule is CN(C)C(=O)NOCCO. The monoisotopic (exact) mass is 148 g/mol. The lowest BCUT2D eigenvalue weighted by molar-refractivity contribution is 0.0299. The molecule has 2 N–H and O–H groups in total. The molecule has 0 bridgehead atoms. The van der Waals surface area contributed by atoms with Gasteiger partial charge >= 0.3 is 6.03 Å². The van der Waals surface area contributed by atoms with E-state index in [1.165, 1.54) is 4.90 Å². The second-order valence-corrected chi connectivity index (χ2v) is 1.87.